The lowest BCUT2D eigenvalue weighted by Gasteiger charge is -2.33. The Hall–Kier alpha value is -1.88. The predicted molar refractivity (Wildman–Crippen MR) is 83.1 cm³/mol. The number of rotatable bonds is 1. The van der Waals surface area contributed by atoms with Crippen LogP contribution in [0.1, 0.15) is 44.6 Å². The Kier molecular flexibility index (Phi) is 2.85. The van der Waals surface area contributed by atoms with Crippen LogP contribution in [0.15, 0.2) is 24.3 Å². The van der Waals surface area contributed by atoms with E-state index < -0.39 is 11.2 Å². The van der Waals surface area contributed by atoms with E-state index in [4.69, 9.17) is 0 Å². The zero-order valence-corrected chi connectivity index (χ0v) is 12.8. The molecule has 1 aliphatic carbocycles. The predicted octanol–water partition coefficient (Wildman–Crippen LogP) is 1.95. The lowest BCUT2D eigenvalue weighted by molar-refractivity contribution is -0.140. The van der Waals surface area contributed by atoms with Crippen molar-refractivity contribution in [3.8, 4) is 0 Å². The minimum absolute atomic E-state index is 0.0848. The zero-order chi connectivity index (χ0) is 15.4. The van der Waals surface area contributed by atoms with Gasteiger partial charge in [-0.1, -0.05) is 37.5 Å². The third-order valence-electron chi connectivity index (χ3n) is 5.40. The monoisotopic (exact) mass is 299 g/mol. The molecule has 1 saturated heterocycles. The summed E-state index contributed by atoms with van der Waals surface area (Å²) in [4.78, 5) is 27.7. The van der Waals surface area contributed by atoms with Gasteiger partial charge in [-0.3, -0.25) is 14.9 Å². The highest BCUT2D eigenvalue weighted by atomic mass is 16.2. The second-order valence-electron chi connectivity index (χ2n) is 6.53. The van der Waals surface area contributed by atoms with Crippen LogP contribution in [0.3, 0.4) is 0 Å². The van der Waals surface area contributed by atoms with Gasteiger partial charge in [0.15, 0.2) is 0 Å². The number of nitrogens with zero attached hydrogens (tertiary/aromatic N) is 1. The number of carbonyl (C=O) groups excluding carboxylic acids is 2. The second kappa shape index (κ2) is 4.56. The molecule has 0 radical (unpaired) electrons. The van der Waals surface area contributed by atoms with Crippen LogP contribution in [0.5, 0.6) is 0 Å². The van der Waals surface area contributed by atoms with Crippen molar-refractivity contribution < 1.29 is 9.59 Å². The van der Waals surface area contributed by atoms with Gasteiger partial charge in [-0.15, -0.1) is 0 Å². The summed E-state index contributed by atoms with van der Waals surface area (Å²) in [5.41, 5.74) is 0.0831. The Balaban J connectivity index is 1.87. The number of anilines is 1. The van der Waals surface area contributed by atoms with E-state index in [0.717, 1.165) is 36.9 Å². The minimum Gasteiger partial charge on any atom is -0.322 e. The second-order valence-corrected chi connectivity index (χ2v) is 6.53. The van der Waals surface area contributed by atoms with E-state index in [1.54, 1.807) is 4.90 Å². The summed E-state index contributed by atoms with van der Waals surface area (Å²) in [5.74, 6) is -0.0482. The van der Waals surface area contributed by atoms with E-state index in [-0.39, 0.29) is 11.8 Å². The fourth-order valence-electron chi connectivity index (χ4n) is 4.39. The third-order valence-corrected chi connectivity index (χ3v) is 5.40. The summed E-state index contributed by atoms with van der Waals surface area (Å²) in [6.07, 6.45) is 4.88. The van der Waals surface area contributed by atoms with Crippen molar-refractivity contribution in [1.82, 2.24) is 10.2 Å². The van der Waals surface area contributed by atoms with E-state index in [9.17, 15) is 9.59 Å². The number of carbonyl (C=O) groups is 2. The van der Waals surface area contributed by atoms with Crippen LogP contribution in [-0.4, -0.2) is 28.8 Å². The van der Waals surface area contributed by atoms with Gasteiger partial charge in [0.1, 0.15) is 5.54 Å². The molecule has 4 rings (SSSR count). The molecule has 2 spiro atoms. The average molecular weight is 299 g/mol. The number of hydrogen-bond acceptors (Lipinski definition) is 3. The van der Waals surface area contributed by atoms with Crippen molar-refractivity contribution in [2.75, 3.05) is 11.9 Å². The molecule has 0 unspecified atom stereocenters. The molecule has 0 aromatic heterocycles. The topological polar surface area (TPSA) is 61.4 Å². The first-order valence-corrected chi connectivity index (χ1v) is 8.16. The van der Waals surface area contributed by atoms with Gasteiger partial charge in [-0.25, -0.2) is 0 Å². The van der Waals surface area contributed by atoms with Crippen LogP contribution in [0.2, 0.25) is 0 Å². The van der Waals surface area contributed by atoms with Gasteiger partial charge in [-0.05, 0) is 25.8 Å². The molecule has 2 N–H and O–H groups in total. The zero-order valence-electron chi connectivity index (χ0n) is 12.8. The largest absolute Gasteiger partial charge is 0.322 e. The van der Waals surface area contributed by atoms with Gasteiger partial charge >= 0.3 is 0 Å². The van der Waals surface area contributed by atoms with Gasteiger partial charge in [0, 0.05) is 17.8 Å². The van der Waals surface area contributed by atoms with Crippen LogP contribution in [-0.2, 0) is 15.3 Å². The maximum Gasteiger partial charge on any atom is 0.270 e. The number of nitrogens with one attached hydrogen (secondary N) is 2. The lowest BCUT2D eigenvalue weighted by atomic mass is 9.81. The van der Waals surface area contributed by atoms with E-state index in [0.29, 0.717) is 6.54 Å². The molecule has 0 bridgehead atoms. The number of hydrogen-bond donors (Lipinski definition) is 2. The highest BCUT2D eigenvalue weighted by molar-refractivity contribution is 6.10. The summed E-state index contributed by atoms with van der Waals surface area (Å²) in [5, 5.41) is 6.44. The summed E-state index contributed by atoms with van der Waals surface area (Å²) in [6.45, 7) is 2.47. The Bertz CT molecular complexity index is 651. The molecule has 3 aliphatic rings. The summed E-state index contributed by atoms with van der Waals surface area (Å²) < 4.78 is 0. The van der Waals surface area contributed by atoms with Gasteiger partial charge in [0.25, 0.3) is 5.91 Å². The van der Waals surface area contributed by atoms with Crippen molar-refractivity contribution in [2.45, 2.75) is 50.2 Å². The van der Waals surface area contributed by atoms with Crippen molar-refractivity contribution >= 4 is 17.5 Å². The molecule has 5 nitrogen and oxygen atoms in total. The Morgan fingerprint density at radius 3 is 2.59 bits per heavy atom. The quantitative estimate of drug-likeness (QED) is 0.833. The van der Waals surface area contributed by atoms with Crippen molar-refractivity contribution in [2.24, 2.45) is 0 Å². The molecule has 1 aromatic rings. The van der Waals surface area contributed by atoms with E-state index >= 15 is 0 Å². The first-order chi connectivity index (χ1) is 10.6. The first kappa shape index (κ1) is 13.8. The third kappa shape index (κ3) is 1.52. The number of fused-ring (bicyclic) bond motifs is 2. The van der Waals surface area contributed by atoms with E-state index in [1.165, 1.54) is 6.42 Å². The summed E-state index contributed by atoms with van der Waals surface area (Å²) >= 11 is 0. The number of likely N-dealkylation sites (N-methyl/N-ethyl adjacent to an activating group) is 1. The van der Waals surface area contributed by atoms with Crippen LogP contribution in [0, 0.1) is 0 Å². The average Bonchev–Trinajstić information content (AvgIpc) is 2.94. The molecule has 1 saturated carbocycles. The Labute approximate surface area is 130 Å². The molecule has 2 heterocycles. The lowest BCUT2D eigenvalue weighted by Crippen LogP contribution is -2.56. The summed E-state index contributed by atoms with van der Waals surface area (Å²) in [7, 11) is 0. The molecule has 2 fully saturated rings. The van der Waals surface area contributed by atoms with Crippen molar-refractivity contribution in [1.29, 1.82) is 0 Å². The number of amides is 2. The van der Waals surface area contributed by atoms with Crippen LogP contribution in [0.25, 0.3) is 0 Å². The van der Waals surface area contributed by atoms with Crippen molar-refractivity contribution in [3.05, 3.63) is 29.8 Å². The van der Waals surface area contributed by atoms with Gasteiger partial charge in [0.2, 0.25) is 11.6 Å². The molecule has 116 valence electrons. The van der Waals surface area contributed by atoms with Crippen LogP contribution in [0.4, 0.5) is 5.69 Å². The maximum atomic E-state index is 13.1. The molecular weight excluding hydrogens is 278 g/mol. The standard InChI is InChI=1S/C17H21N3O2/c1-2-20-15(22)16(10-6-3-7-11-16)19-17(20)12-8-4-5-9-13(12)18-14(17)21/h4-5,8-9,19H,2-3,6-7,10-11H2,1H3,(H,18,21)/t17-/m0/s1. The number of para-hydroxylation sites is 1. The van der Waals surface area contributed by atoms with E-state index in [1.807, 2.05) is 31.2 Å². The molecule has 2 amide bonds. The smallest absolute Gasteiger partial charge is 0.270 e. The van der Waals surface area contributed by atoms with Crippen LogP contribution >= 0.6 is 0 Å². The molecule has 1 aromatic carbocycles. The number of benzene rings is 1. The first-order valence-electron chi connectivity index (χ1n) is 8.16. The normalized spacial score (nSPS) is 29.2. The van der Waals surface area contributed by atoms with Gasteiger partial charge < -0.3 is 10.2 Å². The van der Waals surface area contributed by atoms with Crippen LogP contribution < -0.4 is 10.6 Å². The summed E-state index contributed by atoms with van der Waals surface area (Å²) in [6, 6.07) is 7.67. The Morgan fingerprint density at radius 2 is 1.86 bits per heavy atom. The fraction of sp³-hybridized carbons (Fsp3) is 0.529. The maximum absolute atomic E-state index is 13.1. The fourth-order valence-corrected chi connectivity index (χ4v) is 4.39. The highest BCUT2D eigenvalue weighted by Crippen LogP contribution is 2.47. The van der Waals surface area contributed by atoms with Gasteiger partial charge in [0.05, 0.1) is 0 Å². The van der Waals surface area contributed by atoms with Gasteiger partial charge in [-0.2, -0.15) is 0 Å². The molecule has 1 atom stereocenters. The van der Waals surface area contributed by atoms with E-state index in [2.05, 4.69) is 10.6 Å². The molecule has 22 heavy (non-hydrogen) atoms. The molecular formula is C17H21N3O2. The highest BCUT2D eigenvalue weighted by Gasteiger charge is 2.65. The SMILES string of the molecule is CCN1C(=O)C2(CCCCC2)N[C@]12C(=O)Nc1ccccc12. The Morgan fingerprint density at radius 1 is 1.14 bits per heavy atom. The molecule has 2 aliphatic heterocycles. The minimum atomic E-state index is -1.03. The van der Waals surface area contributed by atoms with Crippen molar-refractivity contribution in [3.63, 3.8) is 0 Å². The molecule has 5 heteroatoms.